The average molecular weight is 263 g/mol. The third-order valence-corrected chi connectivity index (χ3v) is 3.46. The summed E-state index contributed by atoms with van der Waals surface area (Å²) in [6.45, 7) is 3.75. The summed E-state index contributed by atoms with van der Waals surface area (Å²) in [6.07, 6.45) is 4.62. The van der Waals surface area contributed by atoms with E-state index in [4.69, 9.17) is 5.73 Å². The van der Waals surface area contributed by atoms with Gasteiger partial charge >= 0.3 is 6.03 Å². The molecule has 1 fully saturated rings. The van der Waals surface area contributed by atoms with Crippen molar-refractivity contribution in [3.05, 3.63) is 23.3 Å². The van der Waals surface area contributed by atoms with E-state index in [1.165, 1.54) is 9.80 Å². The number of amides is 3. The Morgan fingerprint density at radius 3 is 2.68 bits per heavy atom. The first-order chi connectivity index (χ1) is 8.95. The maximum Gasteiger partial charge on any atom is 0.322 e. The highest BCUT2D eigenvalue weighted by molar-refractivity contribution is 5.87. The molecule has 0 spiro atoms. The van der Waals surface area contributed by atoms with E-state index >= 15 is 0 Å². The molecule has 2 atom stereocenters. The average Bonchev–Trinajstić information content (AvgIpc) is 2.54. The molecule has 2 rings (SSSR count). The van der Waals surface area contributed by atoms with Crippen LogP contribution < -0.4 is 5.73 Å². The zero-order chi connectivity index (χ0) is 14.2. The lowest BCUT2D eigenvalue weighted by atomic mass is 9.91. The Morgan fingerprint density at radius 2 is 2.11 bits per heavy atom. The zero-order valence-electron chi connectivity index (χ0n) is 11.0. The molecule has 19 heavy (non-hydrogen) atoms. The second kappa shape index (κ2) is 4.87. The van der Waals surface area contributed by atoms with Gasteiger partial charge in [0.2, 0.25) is 5.91 Å². The van der Waals surface area contributed by atoms with Crippen LogP contribution in [0.3, 0.4) is 0 Å². The Bertz CT molecular complexity index is 495. The van der Waals surface area contributed by atoms with E-state index in [1.54, 1.807) is 0 Å². The molecule has 0 aromatic heterocycles. The van der Waals surface area contributed by atoms with Crippen LogP contribution in [-0.4, -0.2) is 53.2 Å². The third-order valence-electron chi connectivity index (χ3n) is 3.46. The fourth-order valence-corrected chi connectivity index (χ4v) is 2.84. The van der Waals surface area contributed by atoms with Gasteiger partial charge in [-0.25, -0.2) is 4.79 Å². The number of primary amides is 1. The molecule has 0 saturated carbocycles. The number of fused-ring (bicyclic) bond motifs is 1. The lowest BCUT2D eigenvalue weighted by Crippen LogP contribution is -2.43. The number of allylic oxidation sites excluding steroid dienone is 2. The summed E-state index contributed by atoms with van der Waals surface area (Å²) in [4.78, 5) is 37.0. The van der Waals surface area contributed by atoms with Gasteiger partial charge in [-0.1, -0.05) is 17.7 Å². The fraction of sp³-hybridized carbons (Fsp3) is 0.462. The smallest absolute Gasteiger partial charge is 0.322 e. The number of carbonyl (C=O) groups is 3. The molecule has 1 heterocycles. The van der Waals surface area contributed by atoms with Crippen LogP contribution in [0.1, 0.15) is 13.8 Å². The number of rotatable bonds is 4. The maximum absolute atomic E-state index is 12.3. The molecule has 2 unspecified atom stereocenters. The Balaban J connectivity index is 2.38. The molecule has 6 heteroatoms. The highest BCUT2D eigenvalue weighted by Gasteiger charge is 2.46. The third kappa shape index (κ3) is 2.25. The molecule has 0 radical (unpaired) electrons. The monoisotopic (exact) mass is 263 g/mol. The fourth-order valence-electron chi connectivity index (χ4n) is 2.84. The predicted octanol–water partition coefficient (Wildman–Crippen LogP) is 0.0516. The number of hydrogen-bond acceptors (Lipinski definition) is 3. The second-order valence-electron chi connectivity index (χ2n) is 4.93. The molecule has 1 aliphatic carbocycles. The highest BCUT2D eigenvalue weighted by Crippen LogP contribution is 2.32. The molecule has 2 aliphatic rings. The van der Waals surface area contributed by atoms with Crippen molar-refractivity contribution in [3.63, 3.8) is 0 Å². The van der Waals surface area contributed by atoms with Crippen molar-refractivity contribution in [2.24, 2.45) is 5.73 Å². The van der Waals surface area contributed by atoms with Gasteiger partial charge in [0.25, 0.3) is 0 Å². The molecule has 0 aromatic rings. The van der Waals surface area contributed by atoms with E-state index in [2.05, 4.69) is 0 Å². The van der Waals surface area contributed by atoms with Crippen molar-refractivity contribution in [3.8, 4) is 0 Å². The first-order valence-corrected chi connectivity index (χ1v) is 6.11. The molecule has 3 amide bonds. The Morgan fingerprint density at radius 1 is 1.42 bits per heavy atom. The number of nitrogens with zero attached hydrogens (tertiary/aromatic N) is 2. The molecule has 102 valence electrons. The number of aldehydes is 1. The van der Waals surface area contributed by atoms with Crippen molar-refractivity contribution in [1.29, 1.82) is 0 Å². The minimum Gasteiger partial charge on any atom is -0.368 e. The molecule has 1 aliphatic heterocycles. The van der Waals surface area contributed by atoms with Crippen molar-refractivity contribution >= 4 is 18.2 Å². The van der Waals surface area contributed by atoms with Crippen LogP contribution in [0.25, 0.3) is 0 Å². The summed E-state index contributed by atoms with van der Waals surface area (Å²) < 4.78 is 0. The summed E-state index contributed by atoms with van der Waals surface area (Å²) in [7, 11) is 0. The molecule has 0 aromatic carbocycles. The summed E-state index contributed by atoms with van der Waals surface area (Å²) in [5.41, 5.74) is 7.23. The minimum atomic E-state index is -0.556. The number of urea groups is 1. The lowest BCUT2D eigenvalue weighted by Gasteiger charge is -2.29. The summed E-state index contributed by atoms with van der Waals surface area (Å²) in [6, 6.07) is -0.745. The second-order valence-corrected chi connectivity index (χ2v) is 4.93. The van der Waals surface area contributed by atoms with Crippen LogP contribution in [-0.2, 0) is 9.59 Å². The van der Waals surface area contributed by atoms with Crippen molar-refractivity contribution in [1.82, 2.24) is 9.80 Å². The SMILES string of the molecule is CC1=CC2C(C(C)=C1)N(CC(N)=O)C(=O)N2CC=O. The van der Waals surface area contributed by atoms with E-state index in [0.29, 0.717) is 6.29 Å². The van der Waals surface area contributed by atoms with E-state index in [1.807, 2.05) is 26.0 Å². The highest BCUT2D eigenvalue weighted by atomic mass is 16.2. The standard InChI is InChI=1S/C13H17N3O3/c1-8-5-9(2)12-10(6-8)15(3-4-17)13(19)16(12)7-11(14)18/h4-6,10,12H,3,7H2,1-2H3,(H2,14,18). The van der Waals surface area contributed by atoms with Gasteiger partial charge in [-0.15, -0.1) is 0 Å². The Hall–Kier alpha value is -2.11. The zero-order valence-corrected chi connectivity index (χ0v) is 11.0. The first kappa shape index (κ1) is 13.3. The van der Waals surface area contributed by atoms with Gasteiger partial charge in [0, 0.05) is 0 Å². The normalized spacial score (nSPS) is 25.9. The minimum absolute atomic E-state index is 0.0202. The van der Waals surface area contributed by atoms with Gasteiger partial charge in [-0.05, 0) is 19.4 Å². The summed E-state index contributed by atoms with van der Waals surface area (Å²) in [5, 5.41) is 0. The van der Waals surface area contributed by atoms with Crippen molar-refractivity contribution in [2.45, 2.75) is 25.9 Å². The molecule has 2 N–H and O–H groups in total. The Labute approximate surface area is 111 Å². The topological polar surface area (TPSA) is 83.7 Å². The van der Waals surface area contributed by atoms with Gasteiger partial charge < -0.3 is 20.3 Å². The van der Waals surface area contributed by atoms with Crippen LogP contribution in [0.2, 0.25) is 0 Å². The molecule has 6 nitrogen and oxygen atoms in total. The van der Waals surface area contributed by atoms with Crippen LogP contribution in [0, 0.1) is 0 Å². The van der Waals surface area contributed by atoms with Gasteiger partial charge in [-0.2, -0.15) is 0 Å². The summed E-state index contributed by atoms with van der Waals surface area (Å²) >= 11 is 0. The van der Waals surface area contributed by atoms with E-state index in [0.717, 1.165) is 11.1 Å². The van der Waals surface area contributed by atoms with Crippen LogP contribution in [0.5, 0.6) is 0 Å². The van der Waals surface area contributed by atoms with E-state index < -0.39 is 5.91 Å². The number of carbonyl (C=O) groups excluding carboxylic acids is 3. The van der Waals surface area contributed by atoms with Crippen molar-refractivity contribution < 1.29 is 14.4 Å². The van der Waals surface area contributed by atoms with Crippen LogP contribution in [0.4, 0.5) is 4.79 Å². The van der Waals surface area contributed by atoms with Gasteiger partial charge in [0.15, 0.2) is 0 Å². The molecule has 1 saturated heterocycles. The lowest BCUT2D eigenvalue weighted by molar-refractivity contribution is -0.118. The quantitative estimate of drug-likeness (QED) is 0.727. The number of hydrogen-bond donors (Lipinski definition) is 1. The van der Waals surface area contributed by atoms with Crippen LogP contribution in [0.15, 0.2) is 23.3 Å². The van der Waals surface area contributed by atoms with E-state index in [9.17, 15) is 14.4 Å². The van der Waals surface area contributed by atoms with Gasteiger partial charge in [-0.3, -0.25) is 4.79 Å². The van der Waals surface area contributed by atoms with Gasteiger partial charge in [0.05, 0.1) is 18.6 Å². The predicted molar refractivity (Wildman–Crippen MR) is 69.2 cm³/mol. The van der Waals surface area contributed by atoms with Gasteiger partial charge in [0.1, 0.15) is 12.8 Å². The Kier molecular flexibility index (Phi) is 3.42. The number of nitrogens with two attached hydrogens (primary N) is 1. The molecular formula is C13H17N3O3. The largest absolute Gasteiger partial charge is 0.368 e. The maximum atomic E-state index is 12.3. The molecule has 0 bridgehead atoms. The van der Waals surface area contributed by atoms with Crippen LogP contribution >= 0.6 is 0 Å². The van der Waals surface area contributed by atoms with E-state index in [-0.39, 0.29) is 31.2 Å². The van der Waals surface area contributed by atoms with Crippen molar-refractivity contribution in [2.75, 3.05) is 13.1 Å². The summed E-state index contributed by atoms with van der Waals surface area (Å²) in [5.74, 6) is -0.556. The molecular weight excluding hydrogens is 246 g/mol. The first-order valence-electron chi connectivity index (χ1n) is 6.11.